The second kappa shape index (κ2) is 11.6. The van der Waals surface area contributed by atoms with Crippen LogP contribution in [0.5, 0.6) is 5.75 Å². The summed E-state index contributed by atoms with van der Waals surface area (Å²) in [5, 5.41) is 21.9. The molecule has 4 aromatic rings. The molecule has 0 amide bonds. The molecule has 1 aliphatic heterocycles. The third-order valence-electron chi connectivity index (χ3n) is 7.42. The maximum Gasteiger partial charge on any atom is 0.330 e. The number of hydrogen-bond acceptors (Lipinski definition) is 7. The summed E-state index contributed by atoms with van der Waals surface area (Å²) in [7, 11) is 1.61. The van der Waals surface area contributed by atoms with Crippen molar-refractivity contribution in [3.05, 3.63) is 135 Å². The zero-order valence-electron chi connectivity index (χ0n) is 22.2. The van der Waals surface area contributed by atoms with E-state index in [1.165, 1.54) is 23.8 Å². The molecular formula is C31H32N2O7. The van der Waals surface area contributed by atoms with Crippen molar-refractivity contribution in [3.63, 3.8) is 0 Å². The highest BCUT2D eigenvalue weighted by Crippen LogP contribution is 2.43. The van der Waals surface area contributed by atoms with Gasteiger partial charge in [-0.1, -0.05) is 72.8 Å². The molecular weight excluding hydrogens is 512 g/mol. The third-order valence-corrected chi connectivity index (χ3v) is 7.42. The lowest BCUT2D eigenvalue weighted by atomic mass is 9.80. The first-order valence-electron chi connectivity index (χ1n) is 13.1. The van der Waals surface area contributed by atoms with Gasteiger partial charge in [0.05, 0.1) is 31.8 Å². The second-order valence-electron chi connectivity index (χ2n) is 9.84. The summed E-state index contributed by atoms with van der Waals surface area (Å²) in [4.78, 5) is 26.4. The fourth-order valence-electron chi connectivity index (χ4n) is 5.44. The van der Waals surface area contributed by atoms with Crippen LogP contribution in [0.3, 0.4) is 0 Å². The van der Waals surface area contributed by atoms with E-state index >= 15 is 0 Å². The molecule has 5 atom stereocenters. The molecule has 40 heavy (non-hydrogen) atoms. The van der Waals surface area contributed by atoms with E-state index in [9.17, 15) is 19.8 Å². The van der Waals surface area contributed by atoms with E-state index in [2.05, 4.69) is 4.98 Å². The van der Waals surface area contributed by atoms with Gasteiger partial charge in [0, 0.05) is 12.3 Å². The van der Waals surface area contributed by atoms with Gasteiger partial charge in [-0.05, 0) is 35.7 Å². The number of benzene rings is 3. The molecule has 2 heterocycles. The van der Waals surface area contributed by atoms with E-state index in [1.807, 2.05) is 84.9 Å². The van der Waals surface area contributed by atoms with Crippen molar-refractivity contribution in [1.29, 1.82) is 0 Å². The summed E-state index contributed by atoms with van der Waals surface area (Å²) >= 11 is 0. The number of hydrogen-bond donors (Lipinski definition) is 3. The van der Waals surface area contributed by atoms with Crippen molar-refractivity contribution >= 4 is 0 Å². The van der Waals surface area contributed by atoms with E-state index in [0.717, 1.165) is 16.7 Å². The Morgan fingerprint density at radius 1 is 0.925 bits per heavy atom. The first-order chi connectivity index (χ1) is 19.3. The molecule has 1 aliphatic rings. The number of aliphatic hydroxyl groups excluding tert-OH is 2. The quantitative estimate of drug-likeness (QED) is 0.277. The summed E-state index contributed by atoms with van der Waals surface area (Å²) in [6.45, 7) is 1.45. The smallest absolute Gasteiger partial charge is 0.330 e. The number of methoxy groups -OCH3 is 1. The molecule has 5 rings (SSSR count). The van der Waals surface area contributed by atoms with Crippen LogP contribution in [0.2, 0.25) is 0 Å². The first-order valence-corrected chi connectivity index (χ1v) is 13.1. The Bertz CT molecular complexity index is 1480. The molecule has 1 fully saturated rings. The van der Waals surface area contributed by atoms with Crippen LogP contribution in [-0.2, 0) is 15.1 Å². The Labute approximate surface area is 231 Å². The van der Waals surface area contributed by atoms with E-state index in [-0.39, 0.29) is 6.61 Å². The number of ether oxygens (including phenoxy) is 3. The van der Waals surface area contributed by atoms with Crippen molar-refractivity contribution in [2.45, 2.75) is 37.1 Å². The van der Waals surface area contributed by atoms with Crippen LogP contribution < -0.4 is 16.0 Å². The Hall–Kier alpha value is -4.02. The fraction of sp³-hybridized carbons (Fsp3) is 0.290. The maximum absolute atomic E-state index is 12.6. The number of aliphatic hydroxyl groups is 2. The Balaban J connectivity index is 1.56. The van der Waals surface area contributed by atoms with Gasteiger partial charge < -0.3 is 24.4 Å². The molecule has 9 nitrogen and oxygen atoms in total. The number of aromatic amines is 1. The minimum atomic E-state index is -1.16. The van der Waals surface area contributed by atoms with Crippen LogP contribution in [0.25, 0.3) is 0 Å². The molecule has 3 aromatic carbocycles. The van der Waals surface area contributed by atoms with Crippen LogP contribution in [0.4, 0.5) is 0 Å². The molecule has 0 bridgehead atoms. The minimum Gasteiger partial charge on any atom is -0.497 e. The van der Waals surface area contributed by atoms with Crippen LogP contribution >= 0.6 is 0 Å². The average molecular weight is 545 g/mol. The highest BCUT2D eigenvalue weighted by Gasteiger charge is 2.49. The lowest BCUT2D eigenvalue weighted by Gasteiger charge is -2.37. The summed E-state index contributed by atoms with van der Waals surface area (Å²) in [6, 6.07) is 28.3. The van der Waals surface area contributed by atoms with Crippen LogP contribution in [0.15, 0.2) is 107 Å². The van der Waals surface area contributed by atoms with Gasteiger partial charge in [0.1, 0.15) is 23.7 Å². The summed E-state index contributed by atoms with van der Waals surface area (Å²) < 4.78 is 19.6. The Morgan fingerprint density at radius 3 is 2.02 bits per heavy atom. The Kier molecular flexibility index (Phi) is 7.99. The topological polar surface area (TPSA) is 123 Å². The zero-order chi connectivity index (χ0) is 28.3. The molecule has 0 aliphatic carbocycles. The molecule has 0 saturated carbocycles. The maximum atomic E-state index is 12.6. The number of H-pyrrole nitrogens is 1. The van der Waals surface area contributed by atoms with Crippen molar-refractivity contribution in [2.24, 2.45) is 5.92 Å². The highest BCUT2D eigenvalue weighted by molar-refractivity contribution is 5.48. The van der Waals surface area contributed by atoms with E-state index in [4.69, 9.17) is 14.2 Å². The fourth-order valence-corrected chi connectivity index (χ4v) is 5.44. The number of aromatic nitrogens is 2. The minimum absolute atomic E-state index is 0.0746. The van der Waals surface area contributed by atoms with Crippen molar-refractivity contribution in [2.75, 3.05) is 13.7 Å². The van der Waals surface area contributed by atoms with Gasteiger partial charge in [0.15, 0.2) is 0 Å². The number of rotatable bonds is 9. The Morgan fingerprint density at radius 2 is 1.50 bits per heavy atom. The van der Waals surface area contributed by atoms with Gasteiger partial charge >= 0.3 is 5.69 Å². The van der Waals surface area contributed by atoms with E-state index in [1.54, 1.807) is 7.11 Å². The van der Waals surface area contributed by atoms with Crippen LogP contribution in [0.1, 0.15) is 29.8 Å². The molecule has 0 unspecified atom stereocenters. The van der Waals surface area contributed by atoms with Gasteiger partial charge in [-0.15, -0.1) is 0 Å². The predicted octanol–water partition coefficient (Wildman–Crippen LogP) is 2.81. The third kappa shape index (κ3) is 5.12. The molecule has 208 valence electrons. The van der Waals surface area contributed by atoms with Gasteiger partial charge in [0.2, 0.25) is 0 Å². The van der Waals surface area contributed by atoms with Gasteiger partial charge in [-0.2, -0.15) is 0 Å². The zero-order valence-corrected chi connectivity index (χ0v) is 22.2. The van der Waals surface area contributed by atoms with E-state index < -0.39 is 47.3 Å². The monoisotopic (exact) mass is 544 g/mol. The molecule has 9 heteroatoms. The highest BCUT2D eigenvalue weighted by atomic mass is 16.6. The van der Waals surface area contributed by atoms with E-state index in [0.29, 0.717) is 5.75 Å². The van der Waals surface area contributed by atoms with Gasteiger partial charge in [0.25, 0.3) is 5.56 Å². The number of nitrogens with one attached hydrogen (secondary N) is 1. The summed E-state index contributed by atoms with van der Waals surface area (Å²) in [5.41, 5.74) is 0.212. The van der Waals surface area contributed by atoms with Crippen LogP contribution in [-0.4, -0.2) is 51.8 Å². The van der Waals surface area contributed by atoms with Gasteiger partial charge in [-0.25, -0.2) is 4.79 Å². The molecule has 0 radical (unpaired) electrons. The molecule has 3 N–H and O–H groups in total. The normalized spacial score (nSPS) is 21.7. The van der Waals surface area contributed by atoms with Crippen molar-refractivity contribution in [1.82, 2.24) is 9.55 Å². The molecule has 1 aromatic heterocycles. The summed E-state index contributed by atoms with van der Waals surface area (Å²) in [6.07, 6.45) is -2.79. The number of nitrogens with zero attached hydrogens (tertiary/aromatic N) is 1. The van der Waals surface area contributed by atoms with Gasteiger partial charge in [-0.3, -0.25) is 14.3 Å². The summed E-state index contributed by atoms with van der Waals surface area (Å²) in [5.74, 6) is -0.150. The molecule has 0 spiro atoms. The first kappa shape index (κ1) is 27.5. The SMILES string of the molecule is COc1ccc(C(OC[C@H]2O[C@@H](n3ccc(=O)[nH]c3=O)[C@H]([C@H](C)O)[C@@H]2O)(c2ccccc2)c2ccccc2)cc1. The largest absolute Gasteiger partial charge is 0.497 e. The molecule has 1 saturated heterocycles. The van der Waals surface area contributed by atoms with Crippen molar-refractivity contribution in [3.8, 4) is 5.75 Å². The average Bonchev–Trinajstić information content (AvgIpc) is 3.30. The lowest BCUT2D eigenvalue weighted by molar-refractivity contribution is -0.0956. The van der Waals surface area contributed by atoms with Crippen LogP contribution in [0, 0.1) is 5.92 Å². The van der Waals surface area contributed by atoms with Crippen molar-refractivity contribution < 1.29 is 24.4 Å². The standard InChI is InChI=1S/C31H32N2O7/c1-20(34)27-28(36)25(40-29(27)33-18-17-26(35)32-30(33)37)19-39-31(21-9-5-3-6-10-21,22-11-7-4-8-12-22)23-13-15-24(38-2)16-14-23/h3-18,20,25,27-29,34,36H,19H2,1-2H3,(H,32,35,37)/t20-,25+,27+,28+,29+/m0/s1. The second-order valence-corrected chi connectivity index (χ2v) is 9.84. The predicted molar refractivity (Wildman–Crippen MR) is 148 cm³/mol. The lowest BCUT2D eigenvalue weighted by Crippen LogP contribution is -2.40.